The molecule has 0 fully saturated rings. The predicted molar refractivity (Wildman–Crippen MR) is 29.8 cm³/mol. The average Bonchev–Trinajstić information content (AvgIpc) is 1.87. The number of carbonyl (C=O) groups excluding carboxylic acids is 1. The smallest absolute Gasteiger partial charge is 0.160 e. The molecule has 0 radical (unpaired) electrons. The van der Waals surface area contributed by atoms with E-state index in [1.165, 1.54) is 0 Å². The number of ketones is 1. The number of Topliss-reactive ketones (excluding diaryl/α,β-unsaturated/α-hetero) is 1. The maximum atomic E-state index is 10.3. The quantitative estimate of drug-likeness (QED) is 0.428. The third-order valence-corrected chi connectivity index (χ3v) is 0.850. The zero-order valence-electron chi connectivity index (χ0n) is 4.95. The van der Waals surface area contributed by atoms with E-state index < -0.39 is 25.1 Å². The average molecular weight is 134 g/mol. The lowest BCUT2D eigenvalue weighted by atomic mass is 10.2. The van der Waals surface area contributed by atoms with Crippen molar-refractivity contribution in [2.45, 2.75) is 12.5 Å². The minimum Gasteiger partial charge on any atom is -0.394 e. The summed E-state index contributed by atoms with van der Waals surface area (Å²) < 4.78 is 0. The van der Waals surface area contributed by atoms with Crippen LogP contribution in [0.4, 0.5) is 0 Å². The fourth-order valence-electron chi connectivity index (χ4n) is 0.392. The summed E-state index contributed by atoms with van der Waals surface area (Å²) in [6.07, 6.45) is -1.20. The van der Waals surface area contributed by atoms with Gasteiger partial charge in [-0.15, -0.1) is 0 Å². The summed E-state index contributed by atoms with van der Waals surface area (Å²) in [4.78, 5) is 10.3. The highest BCUT2D eigenvalue weighted by Gasteiger charge is 2.07. The molecule has 0 saturated carbocycles. The van der Waals surface area contributed by atoms with Crippen LogP contribution in [0, 0.1) is 0 Å². The first kappa shape index (κ1) is 8.55. The lowest BCUT2D eigenvalue weighted by Gasteiger charge is -2.02. The molecule has 0 aliphatic carbocycles. The molecule has 0 heterocycles. The van der Waals surface area contributed by atoms with Crippen molar-refractivity contribution in [3.05, 3.63) is 0 Å². The molecule has 9 heavy (non-hydrogen) atoms. The maximum absolute atomic E-state index is 10.3. The number of hydrogen-bond donors (Lipinski definition) is 3. The van der Waals surface area contributed by atoms with Crippen molar-refractivity contribution >= 4 is 5.78 Å². The monoisotopic (exact) mass is 134 g/mol. The van der Waals surface area contributed by atoms with Crippen molar-refractivity contribution in [3.63, 3.8) is 0 Å². The molecule has 0 amide bonds. The fraction of sp³-hybridized carbons (Fsp3) is 0.800. The molecule has 1 atom stereocenters. The van der Waals surface area contributed by atoms with Crippen LogP contribution in [-0.4, -0.2) is 40.4 Å². The maximum Gasteiger partial charge on any atom is 0.160 e. The van der Waals surface area contributed by atoms with Gasteiger partial charge < -0.3 is 15.3 Å². The normalized spacial score (nSPS) is 13.2. The van der Waals surface area contributed by atoms with E-state index in [-0.39, 0.29) is 6.42 Å². The van der Waals surface area contributed by atoms with Crippen molar-refractivity contribution in [2.24, 2.45) is 0 Å². The fourth-order valence-corrected chi connectivity index (χ4v) is 0.392. The highest BCUT2D eigenvalue weighted by atomic mass is 16.3. The Morgan fingerprint density at radius 3 is 2.33 bits per heavy atom. The molecular weight excluding hydrogens is 124 g/mol. The van der Waals surface area contributed by atoms with Gasteiger partial charge in [0.25, 0.3) is 0 Å². The van der Waals surface area contributed by atoms with Crippen LogP contribution in [0.25, 0.3) is 0 Å². The summed E-state index contributed by atoms with van der Waals surface area (Å²) >= 11 is 0. The molecule has 0 bridgehead atoms. The summed E-state index contributed by atoms with van der Waals surface area (Å²) in [5.41, 5.74) is 0. The number of carbonyl (C=O) groups is 1. The number of hydrogen-bond acceptors (Lipinski definition) is 4. The van der Waals surface area contributed by atoms with Gasteiger partial charge in [0, 0.05) is 6.42 Å². The number of aliphatic hydroxyl groups is 3. The highest BCUT2D eigenvalue weighted by Crippen LogP contribution is 1.89. The summed E-state index contributed by atoms with van der Waals surface area (Å²) in [5.74, 6) is -0.462. The van der Waals surface area contributed by atoms with E-state index in [0.29, 0.717) is 0 Å². The number of aliphatic hydroxyl groups excluding tert-OH is 3. The second-order valence-electron chi connectivity index (χ2n) is 1.74. The molecule has 54 valence electrons. The van der Waals surface area contributed by atoms with E-state index in [4.69, 9.17) is 15.3 Å². The van der Waals surface area contributed by atoms with E-state index in [2.05, 4.69) is 0 Å². The van der Waals surface area contributed by atoms with Gasteiger partial charge in [0.2, 0.25) is 0 Å². The first-order valence-electron chi connectivity index (χ1n) is 2.62. The van der Waals surface area contributed by atoms with Crippen molar-refractivity contribution < 1.29 is 20.1 Å². The minimum absolute atomic E-state index is 0.174. The molecule has 0 aromatic heterocycles. The minimum atomic E-state index is -1.02. The molecule has 3 N–H and O–H groups in total. The summed E-state index contributed by atoms with van der Waals surface area (Å²) in [6, 6.07) is 0. The van der Waals surface area contributed by atoms with Crippen LogP contribution < -0.4 is 0 Å². The predicted octanol–water partition coefficient (Wildman–Crippen LogP) is -1.71. The third-order valence-electron chi connectivity index (χ3n) is 0.850. The molecule has 0 spiro atoms. The van der Waals surface area contributed by atoms with Gasteiger partial charge in [0.15, 0.2) is 5.78 Å². The molecule has 0 aliphatic heterocycles. The molecule has 4 nitrogen and oxygen atoms in total. The van der Waals surface area contributed by atoms with Crippen LogP contribution in [0.15, 0.2) is 0 Å². The van der Waals surface area contributed by atoms with Crippen molar-refractivity contribution in [1.29, 1.82) is 0 Å². The van der Waals surface area contributed by atoms with Crippen molar-refractivity contribution in [1.82, 2.24) is 0 Å². The Bertz CT molecular complexity index is 91.0. The van der Waals surface area contributed by atoms with E-state index in [0.717, 1.165) is 0 Å². The van der Waals surface area contributed by atoms with Crippen LogP contribution in [0.3, 0.4) is 0 Å². The summed E-state index contributed by atoms with van der Waals surface area (Å²) in [5, 5.41) is 24.9. The van der Waals surface area contributed by atoms with Crippen molar-refractivity contribution in [2.75, 3.05) is 13.2 Å². The topological polar surface area (TPSA) is 77.8 Å². The molecule has 4 heteroatoms. The highest BCUT2D eigenvalue weighted by molar-refractivity contribution is 5.79. The zero-order chi connectivity index (χ0) is 7.28. The summed E-state index contributed by atoms with van der Waals surface area (Å²) in [6.45, 7) is -1.01. The molecular formula is C5H10O4. The third kappa shape index (κ3) is 4.08. The Hall–Kier alpha value is -0.450. The van der Waals surface area contributed by atoms with Gasteiger partial charge in [-0.1, -0.05) is 0 Å². The first-order valence-corrected chi connectivity index (χ1v) is 2.62. The van der Waals surface area contributed by atoms with Gasteiger partial charge in [0.05, 0.1) is 12.7 Å². The SMILES string of the molecule is O=C(CO)C[C@H](O)CO. The number of rotatable bonds is 4. The second-order valence-corrected chi connectivity index (χ2v) is 1.74. The van der Waals surface area contributed by atoms with Gasteiger partial charge in [-0.3, -0.25) is 4.79 Å². The molecule has 0 aliphatic rings. The van der Waals surface area contributed by atoms with Crippen molar-refractivity contribution in [3.8, 4) is 0 Å². The van der Waals surface area contributed by atoms with Crippen LogP contribution in [0.5, 0.6) is 0 Å². The van der Waals surface area contributed by atoms with Crippen LogP contribution in [-0.2, 0) is 4.79 Å². The Kier molecular flexibility index (Phi) is 4.21. The molecule has 0 aromatic rings. The zero-order valence-corrected chi connectivity index (χ0v) is 4.95. The van der Waals surface area contributed by atoms with Gasteiger partial charge >= 0.3 is 0 Å². The molecule has 0 aromatic carbocycles. The Morgan fingerprint density at radius 2 is 2.00 bits per heavy atom. The van der Waals surface area contributed by atoms with E-state index in [1.807, 2.05) is 0 Å². The standard InChI is InChI=1S/C5H10O4/c6-2-4(8)1-5(9)3-7/h4,6-8H,1-3H2/t4-/m0/s1. The van der Waals surface area contributed by atoms with E-state index in [1.54, 1.807) is 0 Å². The lowest BCUT2D eigenvalue weighted by Crippen LogP contribution is -2.18. The van der Waals surface area contributed by atoms with Gasteiger partial charge in [-0.05, 0) is 0 Å². The van der Waals surface area contributed by atoms with Crippen LogP contribution >= 0.6 is 0 Å². The van der Waals surface area contributed by atoms with Gasteiger partial charge in [-0.2, -0.15) is 0 Å². The van der Waals surface area contributed by atoms with Gasteiger partial charge in [0.1, 0.15) is 6.61 Å². The Labute approximate surface area is 52.7 Å². The summed E-state index contributed by atoms with van der Waals surface area (Å²) in [7, 11) is 0. The first-order chi connectivity index (χ1) is 4.20. The van der Waals surface area contributed by atoms with E-state index >= 15 is 0 Å². The van der Waals surface area contributed by atoms with Crippen LogP contribution in [0.2, 0.25) is 0 Å². The lowest BCUT2D eigenvalue weighted by molar-refractivity contribution is -0.124. The molecule has 0 unspecified atom stereocenters. The Balaban J connectivity index is 3.34. The van der Waals surface area contributed by atoms with Crippen LogP contribution in [0.1, 0.15) is 6.42 Å². The Morgan fingerprint density at radius 1 is 1.44 bits per heavy atom. The molecule has 0 rings (SSSR count). The second kappa shape index (κ2) is 4.43. The molecule has 0 saturated heterocycles. The van der Waals surface area contributed by atoms with Gasteiger partial charge in [-0.25, -0.2) is 0 Å². The van der Waals surface area contributed by atoms with E-state index in [9.17, 15) is 4.79 Å². The largest absolute Gasteiger partial charge is 0.394 e.